The van der Waals surface area contributed by atoms with Crippen LogP contribution in [0.1, 0.15) is 432 Å². The van der Waals surface area contributed by atoms with Crippen molar-refractivity contribution in [2.45, 2.75) is 438 Å². The van der Waals surface area contributed by atoms with Crippen molar-refractivity contribution in [2.24, 2.45) is 0 Å². The number of hydrogen-bond acceptors (Lipinski definition) is 6. The highest BCUT2D eigenvalue weighted by Gasteiger charge is 2.20. The average Bonchev–Trinajstić information content (AvgIpc) is 3.47. The lowest BCUT2D eigenvalue weighted by Crippen LogP contribution is -2.30. The predicted octanol–water partition coefficient (Wildman–Crippen LogP) is 25.6. The molecule has 0 rings (SSSR count). The molecule has 0 aromatic heterocycles. The molecule has 0 aliphatic rings. The van der Waals surface area contributed by atoms with Crippen molar-refractivity contribution in [3.8, 4) is 0 Å². The summed E-state index contributed by atoms with van der Waals surface area (Å²) in [5.41, 5.74) is 0. The van der Waals surface area contributed by atoms with Crippen molar-refractivity contribution < 1.29 is 28.6 Å². The van der Waals surface area contributed by atoms with Gasteiger partial charge < -0.3 is 14.2 Å². The van der Waals surface area contributed by atoms with Crippen LogP contribution >= 0.6 is 0 Å². The molecule has 0 bridgehead atoms. The fourth-order valence-electron chi connectivity index (χ4n) is 11.7. The van der Waals surface area contributed by atoms with Crippen LogP contribution in [0.2, 0.25) is 0 Å². The highest BCUT2D eigenvalue weighted by molar-refractivity contribution is 5.71. The first-order chi connectivity index (χ1) is 40.0. The van der Waals surface area contributed by atoms with Gasteiger partial charge in [0.1, 0.15) is 13.2 Å². The van der Waals surface area contributed by atoms with E-state index in [4.69, 9.17) is 14.2 Å². The smallest absolute Gasteiger partial charge is 0.306 e. The molecule has 0 saturated carbocycles. The minimum Gasteiger partial charge on any atom is -0.462 e. The molecule has 0 aromatic carbocycles. The highest BCUT2D eigenvalue weighted by Crippen LogP contribution is 2.20. The van der Waals surface area contributed by atoms with Crippen molar-refractivity contribution in [2.75, 3.05) is 13.2 Å². The largest absolute Gasteiger partial charge is 0.462 e. The summed E-state index contributed by atoms with van der Waals surface area (Å²) in [5, 5.41) is 0. The minimum atomic E-state index is -0.769. The van der Waals surface area contributed by atoms with Crippen LogP contribution in [0, 0.1) is 0 Å². The average molecular weight is 1140 g/mol. The summed E-state index contributed by atoms with van der Waals surface area (Å²) in [7, 11) is 0. The predicted molar refractivity (Wildman–Crippen MR) is 353 cm³/mol. The Labute approximate surface area is 507 Å². The molecule has 480 valence electrons. The molecule has 6 heteroatoms. The fourth-order valence-corrected chi connectivity index (χ4v) is 11.7. The number of hydrogen-bond donors (Lipinski definition) is 0. The van der Waals surface area contributed by atoms with Gasteiger partial charge in [0.15, 0.2) is 6.10 Å². The van der Waals surface area contributed by atoms with Crippen molar-refractivity contribution in [1.82, 2.24) is 0 Å². The maximum absolute atomic E-state index is 12.9. The van der Waals surface area contributed by atoms with E-state index < -0.39 is 6.10 Å². The maximum Gasteiger partial charge on any atom is 0.306 e. The quantitative estimate of drug-likeness (QED) is 0.0261. The zero-order valence-electron chi connectivity index (χ0n) is 55.4. The lowest BCUT2D eigenvalue weighted by Gasteiger charge is -2.18. The molecule has 0 spiro atoms. The summed E-state index contributed by atoms with van der Waals surface area (Å²) < 4.78 is 17.0. The molecular formula is C75H144O6. The lowest BCUT2D eigenvalue weighted by molar-refractivity contribution is -0.167. The molecule has 1 atom stereocenters. The Bertz CT molecular complexity index is 1260. The topological polar surface area (TPSA) is 78.9 Å². The van der Waals surface area contributed by atoms with Gasteiger partial charge in [-0.2, -0.15) is 0 Å². The van der Waals surface area contributed by atoms with Gasteiger partial charge in [0, 0.05) is 19.3 Å². The molecule has 81 heavy (non-hydrogen) atoms. The second kappa shape index (κ2) is 70.6. The Balaban J connectivity index is 3.99. The van der Waals surface area contributed by atoms with Crippen LogP contribution in [0.25, 0.3) is 0 Å². The number of rotatable bonds is 70. The van der Waals surface area contributed by atoms with Gasteiger partial charge in [-0.05, 0) is 38.5 Å². The normalized spacial score (nSPS) is 12.0. The van der Waals surface area contributed by atoms with Crippen LogP contribution in [0.5, 0.6) is 0 Å². The third kappa shape index (κ3) is 68.8. The van der Waals surface area contributed by atoms with Gasteiger partial charge in [-0.3, -0.25) is 14.4 Å². The van der Waals surface area contributed by atoms with E-state index >= 15 is 0 Å². The van der Waals surface area contributed by atoms with Gasteiger partial charge in [-0.25, -0.2) is 0 Å². The molecule has 0 amide bonds. The molecule has 0 aromatic rings. The SMILES string of the molecule is CCCC/C=C\CCCCCCCC(=O)OCC(COC(=O)CCCCCCCCCCCCCCCCCCCCCCCCCCCCCCCCCCCCC)OC(=O)CCCCCCCCCCCCCCCCCCC. The molecule has 0 fully saturated rings. The molecule has 0 radical (unpaired) electrons. The third-order valence-corrected chi connectivity index (χ3v) is 17.3. The Kier molecular flexibility index (Phi) is 69.0. The second-order valence-corrected chi connectivity index (χ2v) is 25.6. The summed E-state index contributed by atoms with van der Waals surface area (Å²) >= 11 is 0. The Hall–Kier alpha value is -1.85. The van der Waals surface area contributed by atoms with E-state index in [0.29, 0.717) is 19.3 Å². The van der Waals surface area contributed by atoms with Gasteiger partial charge in [0.2, 0.25) is 0 Å². The van der Waals surface area contributed by atoms with E-state index in [2.05, 4.69) is 32.9 Å². The fraction of sp³-hybridized carbons (Fsp3) is 0.933. The standard InChI is InChI=1S/C75H144O6/c1-4-7-10-13-16-19-22-24-26-28-29-30-31-32-33-34-35-36-37-38-39-40-41-42-43-44-45-47-48-50-53-56-59-62-65-68-74(77)80-71-72(70-79-73(76)67-64-61-58-55-52-21-18-15-12-9-6-3)81-75(78)69-66-63-60-57-54-51-49-46-27-25-23-20-17-14-11-8-5-2/h15,18,72H,4-14,16-17,19-71H2,1-3H3/b18-15-. The summed E-state index contributed by atoms with van der Waals surface area (Å²) in [4.78, 5) is 38.3. The van der Waals surface area contributed by atoms with Crippen LogP contribution in [0.3, 0.4) is 0 Å². The first-order valence-electron chi connectivity index (χ1n) is 37.2. The van der Waals surface area contributed by atoms with E-state index in [1.807, 2.05) is 0 Å². The summed E-state index contributed by atoms with van der Waals surface area (Å²) in [6.45, 7) is 6.68. The van der Waals surface area contributed by atoms with Crippen LogP contribution < -0.4 is 0 Å². The minimum absolute atomic E-state index is 0.0660. The van der Waals surface area contributed by atoms with Gasteiger partial charge in [-0.1, -0.05) is 386 Å². The van der Waals surface area contributed by atoms with Crippen molar-refractivity contribution in [3.05, 3.63) is 12.2 Å². The number of carbonyl (C=O) groups excluding carboxylic acids is 3. The van der Waals surface area contributed by atoms with Crippen LogP contribution in [0.15, 0.2) is 12.2 Å². The molecule has 0 aliphatic carbocycles. The van der Waals surface area contributed by atoms with E-state index in [1.54, 1.807) is 0 Å². The van der Waals surface area contributed by atoms with Crippen LogP contribution in [0.4, 0.5) is 0 Å². The molecule has 0 heterocycles. The third-order valence-electron chi connectivity index (χ3n) is 17.3. The number of allylic oxidation sites excluding steroid dienone is 2. The Morgan fingerprint density at radius 2 is 0.420 bits per heavy atom. The summed E-state index contributed by atoms with van der Waals surface area (Å²) in [5.74, 6) is -0.843. The first kappa shape index (κ1) is 79.2. The van der Waals surface area contributed by atoms with Crippen LogP contribution in [-0.4, -0.2) is 37.2 Å². The van der Waals surface area contributed by atoms with Crippen molar-refractivity contribution in [1.29, 1.82) is 0 Å². The number of ether oxygens (including phenoxy) is 3. The lowest BCUT2D eigenvalue weighted by atomic mass is 10.0. The molecule has 0 saturated heterocycles. The Morgan fingerprint density at radius 1 is 0.235 bits per heavy atom. The van der Waals surface area contributed by atoms with Gasteiger partial charge in [0.05, 0.1) is 0 Å². The monoisotopic (exact) mass is 1140 g/mol. The molecule has 6 nitrogen and oxygen atoms in total. The first-order valence-corrected chi connectivity index (χ1v) is 37.2. The molecule has 0 N–H and O–H groups in total. The van der Waals surface area contributed by atoms with Gasteiger partial charge in [0.25, 0.3) is 0 Å². The number of esters is 3. The van der Waals surface area contributed by atoms with Crippen molar-refractivity contribution in [3.63, 3.8) is 0 Å². The van der Waals surface area contributed by atoms with E-state index in [1.165, 1.54) is 327 Å². The number of carbonyl (C=O) groups is 3. The molecule has 0 aliphatic heterocycles. The zero-order chi connectivity index (χ0) is 58.5. The zero-order valence-corrected chi connectivity index (χ0v) is 55.4. The molecular weight excluding hydrogens is 997 g/mol. The summed E-state index contributed by atoms with van der Waals surface area (Å²) in [6.07, 6.45) is 85.7. The Morgan fingerprint density at radius 3 is 0.654 bits per heavy atom. The second-order valence-electron chi connectivity index (χ2n) is 25.6. The maximum atomic E-state index is 12.9. The van der Waals surface area contributed by atoms with E-state index in [9.17, 15) is 14.4 Å². The van der Waals surface area contributed by atoms with Crippen LogP contribution in [-0.2, 0) is 28.6 Å². The van der Waals surface area contributed by atoms with E-state index in [0.717, 1.165) is 64.2 Å². The summed E-state index contributed by atoms with van der Waals surface area (Å²) in [6, 6.07) is 0. The van der Waals surface area contributed by atoms with Gasteiger partial charge in [-0.15, -0.1) is 0 Å². The van der Waals surface area contributed by atoms with E-state index in [-0.39, 0.29) is 31.1 Å². The number of unbranched alkanes of at least 4 members (excludes halogenated alkanes) is 57. The highest BCUT2D eigenvalue weighted by atomic mass is 16.6. The van der Waals surface area contributed by atoms with Crippen molar-refractivity contribution >= 4 is 17.9 Å². The molecule has 1 unspecified atom stereocenters. The van der Waals surface area contributed by atoms with Gasteiger partial charge >= 0.3 is 17.9 Å².